The van der Waals surface area contributed by atoms with E-state index in [1.807, 2.05) is 6.20 Å². The first kappa shape index (κ1) is 10.9. The van der Waals surface area contributed by atoms with Crippen molar-refractivity contribution in [2.75, 3.05) is 0 Å². The fourth-order valence-corrected chi connectivity index (χ4v) is 0.960. The van der Waals surface area contributed by atoms with Crippen LogP contribution in [0.15, 0.2) is 9.78 Å². The maximum Gasteiger partial charge on any atom is 0.0462 e. The molecular formula is C8H15IN2. The molecule has 0 saturated carbocycles. The van der Waals surface area contributed by atoms with E-state index in [1.54, 1.807) is 0 Å². The number of halogens is 1. The Hall–Kier alpha value is -0.0600. The van der Waals surface area contributed by atoms with Crippen LogP contribution in [0.1, 0.15) is 26.7 Å². The van der Waals surface area contributed by atoms with Crippen LogP contribution in [-0.2, 0) is 0 Å². The molecule has 0 aliphatic carbocycles. The van der Waals surface area contributed by atoms with E-state index in [-0.39, 0.29) is 0 Å². The summed E-state index contributed by atoms with van der Waals surface area (Å²) in [5, 5.41) is 10.1. The molecule has 0 spiro atoms. The summed E-state index contributed by atoms with van der Waals surface area (Å²) in [5.41, 5.74) is 0. The van der Waals surface area contributed by atoms with Gasteiger partial charge in [0.2, 0.25) is 0 Å². The molecule has 0 amide bonds. The fourth-order valence-electron chi connectivity index (χ4n) is 0.780. The zero-order valence-corrected chi connectivity index (χ0v) is 9.18. The molecule has 1 atom stereocenters. The van der Waals surface area contributed by atoms with E-state index in [2.05, 4.69) is 41.8 Å². The molecular weight excluding hydrogens is 251 g/mol. The molecule has 11 heavy (non-hydrogen) atoms. The highest BCUT2D eigenvalue weighted by atomic mass is 127. The maximum absolute atomic E-state index is 6.91. The number of allylic oxidation sites excluding steroid dienone is 1. The third-order valence-electron chi connectivity index (χ3n) is 1.37. The average Bonchev–Trinajstić information content (AvgIpc) is 2.01. The lowest BCUT2D eigenvalue weighted by atomic mass is 10.2. The van der Waals surface area contributed by atoms with Crippen molar-refractivity contribution in [3.05, 3.63) is 9.78 Å². The zero-order chi connectivity index (χ0) is 8.69. The van der Waals surface area contributed by atoms with E-state index in [0.29, 0.717) is 6.04 Å². The van der Waals surface area contributed by atoms with Gasteiger partial charge in [-0.1, -0.05) is 13.3 Å². The third kappa shape index (κ3) is 6.34. The molecule has 2 nitrogen and oxygen atoms in total. The molecule has 0 heterocycles. The van der Waals surface area contributed by atoms with Crippen LogP contribution in [0.4, 0.5) is 0 Å². The van der Waals surface area contributed by atoms with Crippen LogP contribution in [0.25, 0.3) is 0 Å². The van der Waals surface area contributed by atoms with Gasteiger partial charge in [0.15, 0.2) is 0 Å². The lowest BCUT2D eigenvalue weighted by molar-refractivity contribution is 0.578. The predicted molar refractivity (Wildman–Crippen MR) is 58.4 cm³/mol. The maximum atomic E-state index is 6.91. The van der Waals surface area contributed by atoms with Crippen LogP contribution < -0.4 is 5.32 Å². The Bertz CT molecular complexity index is 143. The van der Waals surface area contributed by atoms with Crippen molar-refractivity contribution in [2.24, 2.45) is 0 Å². The summed E-state index contributed by atoms with van der Waals surface area (Å²) in [5.74, 6) is 0. The normalized spacial score (nSPS) is 14.3. The highest BCUT2D eigenvalue weighted by molar-refractivity contribution is 14.1. The molecule has 3 heteroatoms. The second-order valence-corrected chi connectivity index (χ2v) is 3.78. The van der Waals surface area contributed by atoms with Crippen LogP contribution in [0, 0.1) is 5.41 Å². The quantitative estimate of drug-likeness (QED) is 0.582. The SMILES string of the molecule is CCCC(C)N/C=C(/I)C=N. The molecule has 1 unspecified atom stereocenters. The number of nitrogens with one attached hydrogen (secondary N) is 2. The molecule has 64 valence electrons. The van der Waals surface area contributed by atoms with E-state index in [1.165, 1.54) is 19.1 Å². The molecule has 0 aliphatic rings. The van der Waals surface area contributed by atoms with Gasteiger partial charge in [0.25, 0.3) is 0 Å². The van der Waals surface area contributed by atoms with Crippen LogP contribution in [-0.4, -0.2) is 12.3 Å². The molecule has 0 aromatic carbocycles. The molecule has 0 fully saturated rings. The van der Waals surface area contributed by atoms with Crippen LogP contribution in [0.3, 0.4) is 0 Å². The van der Waals surface area contributed by atoms with Gasteiger partial charge in [-0.3, -0.25) is 0 Å². The van der Waals surface area contributed by atoms with Crippen molar-refractivity contribution in [3.63, 3.8) is 0 Å². The first-order valence-electron chi connectivity index (χ1n) is 3.83. The molecule has 2 N–H and O–H groups in total. The Kier molecular flexibility index (Phi) is 6.60. The van der Waals surface area contributed by atoms with Gasteiger partial charge in [0.05, 0.1) is 0 Å². The third-order valence-corrected chi connectivity index (χ3v) is 1.99. The summed E-state index contributed by atoms with van der Waals surface area (Å²) in [7, 11) is 0. The molecule has 0 aromatic rings. The molecule has 0 radical (unpaired) electrons. The Morgan fingerprint density at radius 2 is 2.36 bits per heavy atom. The van der Waals surface area contributed by atoms with Crippen molar-refractivity contribution in [3.8, 4) is 0 Å². The van der Waals surface area contributed by atoms with Gasteiger partial charge in [-0.2, -0.15) is 0 Å². The van der Waals surface area contributed by atoms with Crippen LogP contribution >= 0.6 is 22.6 Å². The predicted octanol–water partition coefficient (Wildman–Crippen LogP) is 2.69. The Morgan fingerprint density at radius 3 is 2.82 bits per heavy atom. The lowest BCUT2D eigenvalue weighted by Gasteiger charge is -2.09. The molecule has 0 aromatic heterocycles. The molecule has 0 saturated heterocycles. The highest BCUT2D eigenvalue weighted by Gasteiger charge is 1.94. The minimum Gasteiger partial charge on any atom is -0.388 e. The number of hydrogen-bond acceptors (Lipinski definition) is 2. The van der Waals surface area contributed by atoms with Gasteiger partial charge in [-0.15, -0.1) is 0 Å². The summed E-state index contributed by atoms with van der Waals surface area (Å²) < 4.78 is 0.936. The summed E-state index contributed by atoms with van der Waals surface area (Å²) >= 11 is 2.12. The van der Waals surface area contributed by atoms with Crippen molar-refractivity contribution in [1.82, 2.24) is 5.32 Å². The van der Waals surface area contributed by atoms with Crippen molar-refractivity contribution >= 4 is 28.8 Å². The van der Waals surface area contributed by atoms with Crippen LogP contribution in [0.5, 0.6) is 0 Å². The standard InChI is InChI=1S/C8H15IN2/c1-3-4-7(2)11-6-8(9)5-10/h5-7,10-11H,3-4H2,1-2H3/b8-6+,10-5?. The van der Waals surface area contributed by atoms with Crippen molar-refractivity contribution in [1.29, 1.82) is 5.41 Å². The second-order valence-electron chi connectivity index (χ2n) is 2.53. The van der Waals surface area contributed by atoms with E-state index in [9.17, 15) is 0 Å². The summed E-state index contributed by atoms with van der Waals surface area (Å²) in [6.07, 6.45) is 5.60. The smallest absolute Gasteiger partial charge is 0.0462 e. The number of hydrogen-bond donors (Lipinski definition) is 2. The second kappa shape index (κ2) is 6.64. The summed E-state index contributed by atoms with van der Waals surface area (Å²) in [6.45, 7) is 4.32. The van der Waals surface area contributed by atoms with Gasteiger partial charge < -0.3 is 10.7 Å². The summed E-state index contributed by atoms with van der Waals surface area (Å²) in [6, 6.07) is 0.518. The lowest BCUT2D eigenvalue weighted by Crippen LogP contribution is -2.19. The fraction of sp³-hybridized carbons (Fsp3) is 0.625. The Labute approximate surface area is 82.1 Å². The zero-order valence-electron chi connectivity index (χ0n) is 7.02. The first-order chi connectivity index (χ1) is 5.20. The van der Waals surface area contributed by atoms with Gasteiger partial charge >= 0.3 is 0 Å². The van der Waals surface area contributed by atoms with E-state index in [0.717, 1.165) is 3.58 Å². The highest BCUT2D eigenvalue weighted by Crippen LogP contribution is 2.00. The van der Waals surface area contributed by atoms with Crippen molar-refractivity contribution in [2.45, 2.75) is 32.7 Å². The topological polar surface area (TPSA) is 35.9 Å². The number of rotatable bonds is 5. The first-order valence-corrected chi connectivity index (χ1v) is 4.90. The Morgan fingerprint density at radius 1 is 1.73 bits per heavy atom. The minimum absolute atomic E-state index is 0.518. The van der Waals surface area contributed by atoms with Crippen molar-refractivity contribution < 1.29 is 0 Å². The molecule has 0 aliphatic heterocycles. The minimum atomic E-state index is 0.518. The largest absolute Gasteiger partial charge is 0.388 e. The van der Waals surface area contributed by atoms with Gasteiger partial charge in [0.1, 0.15) is 0 Å². The van der Waals surface area contributed by atoms with E-state index >= 15 is 0 Å². The Balaban J connectivity index is 3.59. The van der Waals surface area contributed by atoms with Gasteiger partial charge in [-0.25, -0.2) is 0 Å². The van der Waals surface area contributed by atoms with Gasteiger partial charge in [-0.05, 0) is 35.9 Å². The average molecular weight is 266 g/mol. The molecule has 0 bridgehead atoms. The summed E-state index contributed by atoms with van der Waals surface area (Å²) in [4.78, 5) is 0. The van der Waals surface area contributed by atoms with E-state index < -0.39 is 0 Å². The monoisotopic (exact) mass is 266 g/mol. The molecule has 0 rings (SSSR count). The van der Waals surface area contributed by atoms with E-state index in [4.69, 9.17) is 5.41 Å². The van der Waals surface area contributed by atoms with Crippen LogP contribution in [0.2, 0.25) is 0 Å². The van der Waals surface area contributed by atoms with Gasteiger partial charge in [0, 0.05) is 22.0 Å².